The van der Waals surface area contributed by atoms with Crippen molar-refractivity contribution in [3.05, 3.63) is 83.3 Å². The summed E-state index contributed by atoms with van der Waals surface area (Å²) in [5.74, 6) is -0.765. The summed E-state index contributed by atoms with van der Waals surface area (Å²) in [5.41, 5.74) is 2.70. The van der Waals surface area contributed by atoms with E-state index < -0.39 is 17.0 Å². The second kappa shape index (κ2) is 8.04. The first-order chi connectivity index (χ1) is 16.2. The number of rotatable bonds is 3. The highest BCUT2D eigenvalue weighted by Gasteiger charge is 2.50. The number of hydrogen-bond acceptors (Lipinski definition) is 5. The molecular weight excluding hydrogens is 434 g/mol. The predicted molar refractivity (Wildman–Crippen MR) is 124 cm³/mol. The quantitative estimate of drug-likeness (QED) is 0.411. The van der Waals surface area contributed by atoms with Crippen molar-refractivity contribution < 1.29 is 8.78 Å². The summed E-state index contributed by atoms with van der Waals surface area (Å²) in [6.07, 6.45) is 7.80. The van der Waals surface area contributed by atoms with Crippen LogP contribution in [0.5, 0.6) is 0 Å². The smallest absolute Gasteiger partial charge is 0.235 e. The van der Waals surface area contributed by atoms with Crippen LogP contribution in [0.15, 0.2) is 49.1 Å². The molecule has 8 heteroatoms. The highest BCUT2D eigenvalue weighted by molar-refractivity contribution is 5.62. The lowest BCUT2D eigenvalue weighted by atomic mass is 9.57. The van der Waals surface area contributed by atoms with Crippen molar-refractivity contribution >= 4 is 0 Å². The normalized spacial score (nSPS) is 18.1. The number of aryl methyl sites for hydroxylation is 2. The van der Waals surface area contributed by atoms with E-state index >= 15 is 0 Å². The minimum Gasteiger partial charge on any atom is -0.274 e. The molecule has 0 amide bonds. The molecule has 34 heavy (non-hydrogen) atoms. The molecule has 1 aromatic carbocycles. The van der Waals surface area contributed by atoms with Gasteiger partial charge in [-0.15, -0.1) is 5.10 Å². The van der Waals surface area contributed by atoms with E-state index in [1.165, 1.54) is 18.2 Å². The molecule has 0 fully saturated rings. The predicted octanol–water partition coefficient (Wildman–Crippen LogP) is 5.37. The molecule has 174 valence electrons. The lowest BCUT2D eigenvalue weighted by Gasteiger charge is -2.47. The van der Waals surface area contributed by atoms with E-state index in [1.54, 1.807) is 23.2 Å². The minimum atomic E-state index is -0.650. The van der Waals surface area contributed by atoms with E-state index in [9.17, 15) is 8.78 Å². The molecule has 1 aliphatic carbocycles. The molecule has 0 saturated heterocycles. The van der Waals surface area contributed by atoms with Crippen LogP contribution < -0.4 is 0 Å². The Morgan fingerprint density at radius 1 is 1.03 bits per heavy atom. The standard InChI is InChI=1S/C26H26F2N6/c1-16-14-34(15-30-16)24-29-12-10-21(31-24)26(25(2,3)4)11-6-7-17-13-20(32-33-23(17)26)22-18(27)8-5-9-19(22)28/h5,8-10,12-15H,6-7,11H2,1-4H3/t26-/m0/s1. The summed E-state index contributed by atoms with van der Waals surface area (Å²) in [6, 6.07) is 7.53. The second-order valence-corrected chi connectivity index (χ2v) is 9.87. The molecule has 0 N–H and O–H groups in total. The minimum absolute atomic E-state index is 0.149. The van der Waals surface area contributed by atoms with Crippen LogP contribution in [-0.4, -0.2) is 29.7 Å². The summed E-state index contributed by atoms with van der Waals surface area (Å²) in [7, 11) is 0. The zero-order valence-corrected chi connectivity index (χ0v) is 19.7. The van der Waals surface area contributed by atoms with Crippen LogP contribution in [-0.2, 0) is 11.8 Å². The number of benzene rings is 1. The maximum atomic E-state index is 14.4. The second-order valence-electron chi connectivity index (χ2n) is 9.87. The summed E-state index contributed by atoms with van der Waals surface area (Å²) < 4.78 is 30.7. The number of hydrogen-bond donors (Lipinski definition) is 0. The maximum Gasteiger partial charge on any atom is 0.235 e. The Hall–Kier alpha value is -3.55. The van der Waals surface area contributed by atoms with Crippen molar-refractivity contribution in [2.24, 2.45) is 5.41 Å². The molecule has 4 aromatic rings. The van der Waals surface area contributed by atoms with Crippen molar-refractivity contribution in [1.82, 2.24) is 29.7 Å². The zero-order valence-electron chi connectivity index (χ0n) is 19.7. The van der Waals surface area contributed by atoms with E-state index in [0.717, 1.165) is 41.9 Å². The van der Waals surface area contributed by atoms with Crippen LogP contribution in [0.1, 0.15) is 56.3 Å². The van der Waals surface area contributed by atoms with Crippen LogP contribution in [0.2, 0.25) is 0 Å². The molecule has 3 heterocycles. The average Bonchev–Trinajstić information content (AvgIpc) is 3.24. The topological polar surface area (TPSA) is 69.4 Å². The molecule has 0 saturated carbocycles. The fourth-order valence-corrected chi connectivity index (χ4v) is 5.11. The van der Waals surface area contributed by atoms with Crippen molar-refractivity contribution in [3.8, 4) is 17.2 Å². The van der Waals surface area contributed by atoms with Crippen LogP contribution in [0.4, 0.5) is 8.78 Å². The van der Waals surface area contributed by atoms with Crippen LogP contribution >= 0.6 is 0 Å². The monoisotopic (exact) mass is 460 g/mol. The third-order valence-corrected chi connectivity index (χ3v) is 6.80. The Balaban J connectivity index is 1.69. The van der Waals surface area contributed by atoms with Gasteiger partial charge in [0, 0.05) is 12.4 Å². The molecule has 3 aromatic heterocycles. The lowest BCUT2D eigenvalue weighted by molar-refractivity contribution is 0.186. The van der Waals surface area contributed by atoms with E-state index in [1.807, 2.05) is 19.2 Å². The van der Waals surface area contributed by atoms with Crippen LogP contribution in [0, 0.1) is 24.0 Å². The summed E-state index contributed by atoms with van der Waals surface area (Å²) in [6.45, 7) is 8.41. The third-order valence-electron chi connectivity index (χ3n) is 6.80. The largest absolute Gasteiger partial charge is 0.274 e. The lowest BCUT2D eigenvalue weighted by Crippen LogP contribution is -2.45. The van der Waals surface area contributed by atoms with Gasteiger partial charge in [-0.05, 0) is 61.4 Å². The third kappa shape index (κ3) is 3.48. The van der Waals surface area contributed by atoms with Crippen molar-refractivity contribution in [1.29, 1.82) is 0 Å². The van der Waals surface area contributed by atoms with Crippen LogP contribution in [0.25, 0.3) is 17.2 Å². The molecule has 0 aliphatic heterocycles. The number of fused-ring (bicyclic) bond motifs is 1. The number of nitrogens with zero attached hydrogens (tertiary/aromatic N) is 6. The van der Waals surface area contributed by atoms with Gasteiger partial charge >= 0.3 is 0 Å². The average molecular weight is 461 g/mol. The Kier molecular flexibility index (Phi) is 5.26. The Bertz CT molecular complexity index is 1350. The molecule has 5 rings (SSSR count). The molecule has 1 atom stereocenters. The van der Waals surface area contributed by atoms with Gasteiger partial charge < -0.3 is 0 Å². The number of aromatic nitrogens is 6. The van der Waals surface area contributed by atoms with Gasteiger partial charge in [0.25, 0.3) is 0 Å². The van der Waals surface area contributed by atoms with Gasteiger partial charge in [-0.1, -0.05) is 26.8 Å². The molecule has 0 spiro atoms. The number of imidazole rings is 1. The first-order valence-electron chi connectivity index (χ1n) is 11.4. The van der Waals surface area contributed by atoms with Gasteiger partial charge in [-0.25, -0.2) is 23.7 Å². The van der Waals surface area contributed by atoms with E-state index in [2.05, 4.69) is 40.9 Å². The van der Waals surface area contributed by atoms with E-state index in [4.69, 9.17) is 4.98 Å². The molecule has 0 bridgehead atoms. The maximum absolute atomic E-state index is 14.4. The first kappa shape index (κ1) is 22.3. The summed E-state index contributed by atoms with van der Waals surface area (Å²) in [4.78, 5) is 13.7. The summed E-state index contributed by atoms with van der Waals surface area (Å²) in [5, 5.41) is 8.93. The summed E-state index contributed by atoms with van der Waals surface area (Å²) >= 11 is 0. The Morgan fingerprint density at radius 3 is 2.47 bits per heavy atom. The highest BCUT2D eigenvalue weighted by atomic mass is 19.1. The Morgan fingerprint density at radius 2 is 1.79 bits per heavy atom. The molecule has 0 unspecified atom stereocenters. The molecule has 0 radical (unpaired) electrons. The zero-order chi connectivity index (χ0) is 24.1. The van der Waals surface area contributed by atoms with Crippen molar-refractivity contribution in [2.75, 3.05) is 0 Å². The van der Waals surface area contributed by atoms with Gasteiger partial charge in [-0.3, -0.25) is 4.57 Å². The molecular formula is C26H26F2N6. The number of halogens is 2. The molecule has 6 nitrogen and oxygen atoms in total. The molecule has 1 aliphatic rings. The van der Waals surface area contributed by atoms with Gasteiger partial charge in [0.2, 0.25) is 5.95 Å². The van der Waals surface area contributed by atoms with Crippen LogP contribution in [0.3, 0.4) is 0 Å². The van der Waals surface area contributed by atoms with E-state index in [0.29, 0.717) is 5.95 Å². The Labute approximate surface area is 197 Å². The van der Waals surface area contributed by atoms with E-state index in [-0.39, 0.29) is 16.7 Å². The van der Waals surface area contributed by atoms with Crippen molar-refractivity contribution in [3.63, 3.8) is 0 Å². The fourth-order valence-electron chi connectivity index (χ4n) is 5.11. The SMILES string of the molecule is Cc1cn(-c2nccc([C@@]3(C(C)(C)C)CCCc4cc(-c5c(F)cccc5F)nnc43)n2)cn1. The van der Waals surface area contributed by atoms with Gasteiger partial charge in [0.15, 0.2) is 0 Å². The highest BCUT2D eigenvalue weighted by Crippen LogP contribution is 2.52. The van der Waals surface area contributed by atoms with Gasteiger partial charge in [0.05, 0.1) is 33.8 Å². The fraction of sp³-hybridized carbons (Fsp3) is 0.346. The van der Waals surface area contributed by atoms with Gasteiger partial charge in [-0.2, -0.15) is 5.10 Å². The first-order valence-corrected chi connectivity index (χ1v) is 11.4. The van der Waals surface area contributed by atoms with Gasteiger partial charge in [0.1, 0.15) is 18.0 Å². The van der Waals surface area contributed by atoms with Crippen molar-refractivity contribution in [2.45, 2.75) is 52.4 Å².